The molecule has 0 unspecified atom stereocenters. The van der Waals surface area contributed by atoms with Crippen LogP contribution < -0.4 is 11.1 Å². The third kappa shape index (κ3) is 6.87. The van der Waals surface area contributed by atoms with Crippen LogP contribution in [0.1, 0.15) is 63.9 Å². The summed E-state index contributed by atoms with van der Waals surface area (Å²) in [6.07, 6.45) is 10.3. The SMILES string of the molecule is CCCCCCCCc1ccc2cc(NC(=O)CCCN)ccc2c1. The van der Waals surface area contributed by atoms with Crippen molar-refractivity contribution in [1.29, 1.82) is 0 Å². The highest BCUT2D eigenvalue weighted by Gasteiger charge is 2.03. The standard InChI is InChI=1S/C22H32N2O/c1-2-3-4-5-6-7-9-18-11-12-20-17-21(14-13-19(20)16-18)24-22(25)10-8-15-23/h11-14,16-17H,2-10,15,23H2,1H3,(H,24,25). The minimum absolute atomic E-state index is 0.0319. The van der Waals surface area contributed by atoms with Gasteiger partial charge in [0.2, 0.25) is 5.91 Å². The number of amides is 1. The molecule has 0 spiro atoms. The fourth-order valence-electron chi connectivity index (χ4n) is 3.12. The second-order valence-electron chi connectivity index (χ2n) is 6.85. The van der Waals surface area contributed by atoms with Gasteiger partial charge < -0.3 is 11.1 Å². The van der Waals surface area contributed by atoms with E-state index in [-0.39, 0.29) is 5.91 Å². The Labute approximate surface area is 152 Å². The van der Waals surface area contributed by atoms with E-state index in [0.29, 0.717) is 13.0 Å². The fourth-order valence-corrected chi connectivity index (χ4v) is 3.12. The number of aryl methyl sites for hydroxylation is 1. The summed E-state index contributed by atoms with van der Waals surface area (Å²) < 4.78 is 0. The predicted molar refractivity (Wildman–Crippen MR) is 108 cm³/mol. The maximum absolute atomic E-state index is 11.8. The minimum Gasteiger partial charge on any atom is -0.330 e. The maximum Gasteiger partial charge on any atom is 0.224 e. The van der Waals surface area contributed by atoms with E-state index < -0.39 is 0 Å². The van der Waals surface area contributed by atoms with E-state index in [0.717, 1.165) is 18.5 Å². The molecule has 3 N–H and O–H groups in total. The number of nitrogens with one attached hydrogen (secondary N) is 1. The third-order valence-electron chi connectivity index (χ3n) is 4.62. The molecule has 1 amide bonds. The minimum atomic E-state index is 0.0319. The molecule has 0 saturated carbocycles. The van der Waals surface area contributed by atoms with Crippen LogP contribution in [0, 0.1) is 0 Å². The number of rotatable bonds is 11. The van der Waals surface area contributed by atoms with Crippen LogP contribution in [0.2, 0.25) is 0 Å². The number of fused-ring (bicyclic) bond motifs is 1. The van der Waals surface area contributed by atoms with Crippen molar-refractivity contribution in [1.82, 2.24) is 0 Å². The predicted octanol–water partition coefficient (Wildman–Crippen LogP) is 5.42. The molecule has 0 aliphatic carbocycles. The van der Waals surface area contributed by atoms with Gasteiger partial charge in [-0.1, -0.05) is 63.3 Å². The molecule has 25 heavy (non-hydrogen) atoms. The van der Waals surface area contributed by atoms with E-state index >= 15 is 0 Å². The molecule has 0 radical (unpaired) electrons. The van der Waals surface area contributed by atoms with Crippen molar-refractivity contribution >= 4 is 22.4 Å². The Kier molecular flexibility index (Phi) is 8.47. The summed E-state index contributed by atoms with van der Waals surface area (Å²) in [5.41, 5.74) is 7.71. The van der Waals surface area contributed by atoms with Crippen molar-refractivity contribution in [3.05, 3.63) is 42.0 Å². The first-order valence-corrected chi connectivity index (χ1v) is 9.75. The van der Waals surface area contributed by atoms with E-state index in [1.165, 1.54) is 54.9 Å². The highest BCUT2D eigenvalue weighted by atomic mass is 16.1. The zero-order valence-corrected chi connectivity index (χ0v) is 15.5. The van der Waals surface area contributed by atoms with Crippen molar-refractivity contribution in [3.8, 4) is 0 Å². The van der Waals surface area contributed by atoms with Gasteiger partial charge in [-0.3, -0.25) is 4.79 Å². The molecule has 2 aromatic carbocycles. The number of carbonyl (C=O) groups is 1. The van der Waals surface area contributed by atoms with Gasteiger partial charge >= 0.3 is 0 Å². The molecule has 0 aliphatic rings. The van der Waals surface area contributed by atoms with Crippen LogP contribution in [0.3, 0.4) is 0 Å². The lowest BCUT2D eigenvalue weighted by atomic mass is 10.0. The molecular weight excluding hydrogens is 308 g/mol. The Bertz CT molecular complexity index is 666. The van der Waals surface area contributed by atoms with Crippen LogP contribution in [0.25, 0.3) is 10.8 Å². The summed E-state index contributed by atoms with van der Waals surface area (Å²) in [4.78, 5) is 11.8. The Balaban J connectivity index is 1.88. The molecule has 136 valence electrons. The van der Waals surface area contributed by atoms with Crippen molar-refractivity contribution in [3.63, 3.8) is 0 Å². The summed E-state index contributed by atoms with van der Waals surface area (Å²) in [6.45, 7) is 2.80. The number of unbranched alkanes of at least 4 members (excludes halogenated alkanes) is 5. The Hall–Kier alpha value is -1.87. The molecule has 0 aromatic heterocycles. The molecule has 0 fully saturated rings. The Morgan fingerprint density at radius 2 is 1.64 bits per heavy atom. The van der Waals surface area contributed by atoms with Gasteiger partial charge in [-0.15, -0.1) is 0 Å². The van der Waals surface area contributed by atoms with Crippen molar-refractivity contribution in [2.45, 2.75) is 64.7 Å². The van der Waals surface area contributed by atoms with Crippen LogP contribution >= 0.6 is 0 Å². The number of anilines is 1. The Morgan fingerprint density at radius 3 is 2.44 bits per heavy atom. The number of benzene rings is 2. The van der Waals surface area contributed by atoms with E-state index in [4.69, 9.17) is 5.73 Å². The molecule has 2 aromatic rings. The number of carbonyl (C=O) groups excluding carboxylic acids is 1. The molecule has 0 heterocycles. The highest BCUT2D eigenvalue weighted by Crippen LogP contribution is 2.22. The van der Waals surface area contributed by atoms with Gasteiger partial charge in [0.1, 0.15) is 0 Å². The molecule has 3 heteroatoms. The molecule has 0 aliphatic heterocycles. The second kappa shape index (κ2) is 10.9. The number of hydrogen-bond acceptors (Lipinski definition) is 2. The zero-order valence-electron chi connectivity index (χ0n) is 15.5. The van der Waals surface area contributed by atoms with Crippen LogP contribution in [-0.4, -0.2) is 12.5 Å². The van der Waals surface area contributed by atoms with E-state index in [2.05, 4.69) is 36.5 Å². The summed E-state index contributed by atoms with van der Waals surface area (Å²) in [5.74, 6) is 0.0319. The summed E-state index contributed by atoms with van der Waals surface area (Å²) in [7, 11) is 0. The monoisotopic (exact) mass is 340 g/mol. The lowest BCUT2D eigenvalue weighted by Crippen LogP contribution is -2.13. The average Bonchev–Trinajstić information content (AvgIpc) is 2.63. The highest BCUT2D eigenvalue weighted by molar-refractivity contribution is 5.94. The Morgan fingerprint density at radius 1 is 0.920 bits per heavy atom. The quantitative estimate of drug-likeness (QED) is 0.537. The van der Waals surface area contributed by atoms with Gasteiger partial charge in [0.25, 0.3) is 0 Å². The van der Waals surface area contributed by atoms with Crippen LogP contribution in [-0.2, 0) is 11.2 Å². The zero-order chi connectivity index (χ0) is 17.9. The largest absolute Gasteiger partial charge is 0.330 e. The molecular formula is C22H32N2O. The third-order valence-corrected chi connectivity index (χ3v) is 4.62. The maximum atomic E-state index is 11.8. The molecule has 3 nitrogen and oxygen atoms in total. The van der Waals surface area contributed by atoms with Crippen molar-refractivity contribution < 1.29 is 4.79 Å². The number of hydrogen-bond donors (Lipinski definition) is 2. The lowest BCUT2D eigenvalue weighted by molar-refractivity contribution is -0.116. The topological polar surface area (TPSA) is 55.1 Å². The lowest BCUT2D eigenvalue weighted by Gasteiger charge is -2.08. The molecule has 0 atom stereocenters. The van der Waals surface area contributed by atoms with Gasteiger partial charge in [-0.2, -0.15) is 0 Å². The summed E-state index contributed by atoms with van der Waals surface area (Å²) in [5, 5.41) is 5.36. The first kappa shape index (κ1) is 19.5. The van der Waals surface area contributed by atoms with Gasteiger partial charge in [0, 0.05) is 12.1 Å². The summed E-state index contributed by atoms with van der Waals surface area (Å²) in [6, 6.07) is 12.8. The van der Waals surface area contributed by atoms with Gasteiger partial charge in [-0.05, 0) is 54.3 Å². The van der Waals surface area contributed by atoms with Crippen LogP contribution in [0.4, 0.5) is 5.69 Å². The average molecular weight is 341 g/mol. The fraction of sp³-hybridized carbons (Fsp3) is 0.500. The second-order valence-corrected chi connectivity index (χ2v) is 6.85. The summed E-state index contributed by atoms with van der Waals surface area (Å²) >= 11 is 0. The van der Waals surface area contributed by atoms with E-state index in [9.17, 15) is 4.79 Å². The van der Waals surface area contributed by atoms with Gasteiger partial charge in [-0.25, -0.2) is 0 Å². The van der Waals surface area contributed by atoms with Crippen LogP contribution in [0.15, 0.2) is 36.4 Å². The van der Waals surface area contributed by atoms with Crippen LogP contribution in [0.5, 0.6) is 0 Å². The van der Waals surface area contributed by atoms with E-state index in [1.807, 2.05) is 12.1 Å². The molecule has 0 saturated heterocycles. The molecule has 2 rings (SSSR count). The van der Waals surface area contributed by atoms with Gasteiger partial charge in [0.15, 0.2) is 0 Å². The first-order valence-electron chi connectivity index (χ1n) is 9.75. The van der Waals surface area contributed by atoms with Crippen molar-refractivity contribution in [2.24, 2.45) is 5.73 Å². The number of nitrogens with two attached hydrogens (primary N) is 1. The smallest absolute Gasteiger partial charge is 0.224 e. The van der Waals surface area contributed by atoms with Crippen molar-refractivity contribution in [2.75, 3.05) is 11.9 Å². The van der Waals surface area contributed by atoms with E-state index in [1.54, 1.807) is 0 Å². The van der Waals surface area contributed by atoms with Gasteiger partial charge in [0.05, 0.1) is 0 Å². The molecule has 0 bridgehead atoms. The first-order chi connectivity index (χ1) is 12.2. The normalized spacial score (nSPS) is 11.0.